The topological polar surface area (TPSA) is 91.2 Å². The number of carbonyl (C=O) groups excluding carboxylic acids is 1. The summed E-state index contributed by atoms with van der Waals surface area (Å²) in [5, 5.41) is -0.0961. The second kappa shape index (κ2) is 6.51. The Hall–Kier alpha value is -1.96. The van der Waals surface area contributed by atoms with Crippen LogP contribution in [0.2, 0.25) is 0 Å². The Labute approximate surface area is 141 Å². The average Bonchev–Trinajstić information content (AvgIpc) is 2.92. The summed E-state index contributed by atoms with van der Waals surface area (Å²) >= 11 is 0. The first-order chi connectivity index (χ1) is 11.4. The van der Waals surface area contributed by atoms with E-state index in [4.69, 9.17) is 4.74 Å². The highest BCUT2D eigenvalue weighted by molar-refractivity contribution is 7.90. The fourth-order valence-electron chi connectivity index (χ4n) is 3.27. The number of carbonyl (C=O) groups is 1. The van der Waals surface area contributed by atoms with Crippen LogP contribution in [0.15, 0.2) is 17.3 Å². The molecule has 1 fully saturated rings. The maximum Gasteiger partial charge on any atom is 0.354 e. The van der Waals surface area contributed by atoms with Gasteiger partial charge in [-0.2, -0.15) is 0 Å². The molecule has 130 valence electrons. The number of ether oxygens (including phenoxy) is 1. The summed E-state index contributed by atoms with van der Waals surface area (Å²) in [4.78, 5) is 20.5. The van der Waals surface area contributed by atoms with E-state index in [1.807, 2.05) is 4.57 Å². The fourth-order valence-corrected chi connectivity index (χ4v) is 3.78. The lowest BCUT2D eigenvalue weighted by Gasteiger charge is -2.23. The van der Waals surface area contributed by atoms with Gasteiger partial charge in [-0.15, -0.1) is 0 Å². The van der Waals surface area contributed by atoms with Crippen molar-refractivity contribution in [1.82, 2.24) is 14.5 Å². The number of nitrogens with zero attached hydrogens (tertiary/aromatic N) is 3. The Bertz CT molecular complexity index is 867. The Morgan fingerprint density at radius 2 is 2.04 bits per heavy atom. The summed E-state index contributed by atoms with van der Waals surface area (Å²) in [6.45, 7) is 0.667. The van der Waals surface area contributed by atoms with Gasteiger partial charge in [-0.25, -0.2) is 23.2 Å². The van der Waals surface area contributed by atoms with Crippen molar-refractivity contribution in [3.05, 3.63) is 18.0 Å². The molecule has 0 aromatic carbocycles. The van der Waals surface area contributed by atoms with Gasteiger partial charge in [0.25, 0.3) is 0 Å². The number of hydrogen-bond acceptors (Lipinski definition) is 6. The molecule has 2 aromatic heterocycles. The van der Waals surface area contributed by atoms with Crippen molar-refractivity contribution in [2.75, 3.05) is 13.4 Å². The van der Waals surface area contributed by atoms with Crippen molar-refractivity contribution in [2.45, 2.75) is 43.7 Å². The van der Waals surface area contributed by atoms with Crippen molar-refractivity contribution in [2.24, 2.45) is 5.92 Å². The highest BCUT2D eigenvalue weighted by Gasteiger charge is 2.23. The van der Waals surface area contributed by atoms with Gasteiger partial charge < -0.3 is 9.30 Å². The van der Waals surface area contributed by atoms with Crippen LogP contribution in [0.1, 0.15) is 42.6 Å². The Morgan fingerprint density at radius 1 is 1.33 bits per heavy atom. The van der Waals surface area contributed by atoms with Crippen molar-refractivity contribution in [3.8, 4) is 0 Å². The second-order valence-corrected chi connectivity index (χ2v) is 8.29. The van der Waals surface area contributed by atoms with Crippen LogP contribution < -0.4 is 0 Å². The second-order valence-electron chi connectivity index (χ2n) is 6.33. The number of hydrogen-bond donors (Lipinski definition) is 0. The van der Waals surface area contributed by atoms with E-state index < -0.39 is 15.8 Å². The minimum atomic E-state index is -3.45. The van der Waals surface area contributed by atoms with Crippen LogP contribution in [0.5, 0.6) is 0 Å². The predicted molar refractivity (Wildman–Crippen MR) is 88.6 cm³/mol. The maximum atomic E-state index is 12.1. The Morgan fingerprint density at radius 3 is 2.67 bits per heavy atom. The lowest BCUT2D eigenvalue weighted by Crippen LogP contribution is -2.18. The van der Waals surface area contributed by atoms with Crippen LogP contribution in [0.3, 0.4) is 0 Å². The zero-order valence-electron chi connectivity index (χ0n) is 13.9. The van der Waals surface area contributed by atoms with Crippen molar-refractivity contribution in [1.29, 1.82) is 0 Å². The number of fused-ring (bicyclic) bond motifs is 1. The summed E-state index contributed by atoms with van der Waals surface area (Å²) in [7, 11) is -2.12. The van der Waals surface area contributed by atoms with Crippen LogP contribution in [0.4, 0.5) is 0 Å². The van der Waals surface area contributed by atoms with E-state index in [1.165, 1.54) is 32.6 Å². The number of methoxy groups -OCH3 is 1. The lowest BCUT2D eigenvalue weighted by molar-refractivity contribution is 0.0587. The van der Waals surface area contributed by atoms with Gasteiger partial charge in [0.1, 0.15) is 11.2 Å². The molecule has 7 nitrogen and oxygen atoms in total. The van der Waals surface area contributed by atoms with E-state index in [0.29, 0.717) is 29.3 Å². The monoisotopic (exact) mass is 351 g/mol. The fraction of sp³-hybridized carbons (Fsp3) is 0.562. The van der Waals surface area contributed by atoms with Gasteiger partial charge in [-0.1, -0.05) is 19.3 Å². The SMILES string of the molecule is COC(=O)c1cc2nc(S(C)(=O)=O)cnc2n1CC1CCCCC1. The standard InChI is InChI=1S/C16H21N3O4S/c1-23-16(20)13-8-12-15(17-9-14(18-12)24(2,21)22)19(13)10-11-6-4-3-5-7-11/h8-9,11H,3-7,10H2,1-2H3. The third kappa shape index (κ3) is 3.28. The zero-order chi connectivity index (χ0) is 17.3. The quantitative estimate of drug-likeness (QED) is 0.784. The van der Waals surface area contributed by atoms with Gasteiger partial charge in [-0.05, 0) is 24.8 Å². The first-order valence-electron chi connectivity index (χ1n) is 8.05. The summed E-state index contributed by atoms with van der Waals surface area (Å²) in [5.41, 5.74) is 1.28. The van der Waals surface area contributed by atoms with Gasteiger partial charge in [0.2, 0.25) is 0 Å². The molecule has 24 heavy (non-hydrogen) atoms. The third-order valence-corrected chi connectivity index (χ3v) is 5.47. The molecular weight excluding hydrogens is 330 g/mol. The molecular formula is C16H21N3O4S. The van der Waals surface area contributed by atoms with Gasteiger partial charge in [0, 0.05) is 12.8 Å². The van der Waals surface area contributed by atoms with Crippen LogP contribution in [-0.2, 0) is 21.1 Å². The number of rotatable bonds is 4. The van der Waals surface area contributed by atoms with Crippen LogP contribution in [0.25, 0.3) is 11.2 Å². The summed E-state index contributed by atoms with van der Waals surface area (Å²) in [6, 6.07) is 1.56. The molecule has 0 atom stereocenters. The van der Waals surface area contributed by atoms with Crippen molar-refractivity contribution < 1.29 is 17.9 Å². The highest BCUT2D eigenvalue weighted by Crippen LogP contribution is 2.28. The van der Waals surface area contributed by atoms with Gasteiger partial charge in [-0.3, -0.25) is 0 Å². The molecule has 0 spiro atoms. The van der Waals surface area contributed by atoms with Crippen molar-refractivity contribution >= 4 is 27.0 Å². The molecule has 1 aliphatic rings. The first-order valence-corrected chi connectivity index (χ1v) is 9.94. The van der Waals surface area contributed by atoms with E-state index in [2.05, 4.69) is 9.97 Å². The normalized spacial score (nSPS) is 16.4. The minimum Gasteiger partial charge on any atom is -0.464 e. The van der Waals surface area contributed by atoms with Crippen LogP contribution in [0, 0.1) is 5.92 Å². The van der Waals surface area contributed by atoms with Crippen molar-refractivity contribution in [3.63, 3.8) is 0 Å². The van der Waals surface area contributed by atoms with E-state index in [0.717, 1.165) is 19.1 Å². The molecule has 3 rings (SSSR count). The first kappa shape index (κ1) is 16.9. The molecule has 0 unspecified atom stereocenters. The molecule has 1 saturated carbocycles. The molecule has 0 saturated heterocycles. The van der Waals surface area contributed by atoms with Gasteiger partial charge >= 0.3 is 5.97 Å². The molecule has 1 aliphatic carbocycles. The lowest BCUT2D eigenvalue weighted by atomic mass is 9.89. The van der Waals surface area contributed by atoms with Gasteiger partial charge in [0.15, 0.2) is 20.5 Å². The molecule has 0 bridgehead atoms. The Kier molecular flexibility index (Phi) is 4.58. The van der Waals surface area contributed by atoms with E-state index in [9.17, 15) is 13.2 Å². The summed E-state index contributed by atoms with van der Waals surface area (Å²) < 4.78 is 30.0. The number of esters is 1. The predicted octanol–water partition coefficient (Wildman–Crippen LogP) is 2.20. The molecule has 2 heterocycles. The van der Waals surface area contributed by atoms with Crippen LogP contribution in [-0.4, -0.2) is 42.3 Å². The molecule has 2 aromatic rings. The average molecular weight is 351 g/mol. The maximum absolute atomic E-state index is 12.1. The molecule has 0 N–H and O–H groups in total. The molecule has 0 radical (unpaired) electrons. The van der Waals surface area contributed by atoms with E-state index in [-0.39, 0.29) is 5.03 Å². The van der Waals surface area contributed by atoms with Crippen LogP contribution >= 0.6 is 0 Å². The highest BCUT2D eigenvalue weighted by atomic mass is 32.2. The largest absolute Gasteiger partial charge is 0.464 e. The minimum absolute atomic E-state index is 0.0961. The van der Waals surface area contributed by atoms with Gasteiger partial charge in [0.05, 0.1) is 13.3 Å². The summed E-state index contributed by atoms with van der Waals surface area (Å²) in [5.74, 6) is 0.0145. The smallest absolute Gasteiger partial charge is 0.354 e. The molecule has 0 aliphatic heterocycles. The molecule has 0 amide bonds. The number of sulfone groups is 1. The zero-order valence-corrected chi connectivity index (χ0v) is 14.7. The Balaban J connectivity index is 2.08. The third-order valence-electron chi connectivity index (χ3n) is 4.52. The van der Waals surface area contributed by atoms with E-state index >= 15 is 0 Å². The summed E-state index contributed by atoms with van der Waals surface area (Å²) in [6.07, 6.45) is 8.22. The number of aromatic nitrogens is 3. The molecule has 8 heteroatoms. The van der Waals surface area contributed by atoms with E-state index in [1.54, 1.807) is 6.07 Å².